The van der Waals surface area contributed by atoms with E-state index in [9.17, 15) is 4.79 Å². The summed E-state index contributed by atoms with van der Waals surface area (Å²) in [6, 6.07) is 0. The first kappa shape index (κ1) is 12.3. The van der Waals surface area contributed by atoms with Gasteiger partial charge in [-0.2, -0.15) is 0 Å². The predicted molar refractivity (Wildman–Crippen MR) is 64.8 cm³/mol. The van der Waals surface area contributed by atoms with Gasteiger partial charge in [-0.05, 0) is 31.8 Å². The Morgan fingerprint density at radius 1 is 1.65 bits per heavy atom. The molecule has 2 rings (SSSR count). The lowest BCUT2D eigenvalue weighted by Crippen LogP contribution is -2.35. The summed E-state index contributed by atoms with van der Waals surface area (Å²) in [5.74, 6) is 1.43. The van der Waals surface area contributed by atoms with Crippen LogP contribution in [0, 0.1) is 5.92 Å². The lowest BCUT2D eigenvalue weighted by Gasteiger charge is -2.31. The van der Waals surface area contributed by atoms with E-state index in [0.717, 1.165) is 37.4 Å². The van der Waals surface area contributed by atoms with Crippen LogP contribution in [0.25, 0.3) is 0 Å². The summed E-state index contributed by atoms with van der Waals surface area (Å²) in [5, 5.41) is 0. The van der Waals surface area contributed by atoms with Gasteiger partial charge in [-0.25, -0.2) is 4.98 Å². The van der Waals surface area contributed by atoms with Crippen LogP contribution in [0.4, 0.5) is 0 Å². The zero-order valence-electron chi connectivity index (χ0n) is 10.4. The summed E-state index contributed by atoms with van der Waals surface area (Å²) in [5.41, 5.74) is 0.748. The van der Waals surface area contributed by atoms with Gasteiger partial charge in [-0.15, -0.1) is 0 Å². The van der Waals surface area contributed by atoms with Gasteiger partial charge in [0.05, 0.1) is 5.69 Å². The molecule has 94 valence electrons. The van der Waals surface area contributed by atoms with Crippen molar-refractivity contribution in [1.29, 1.82) is 0 Å². The number of aromatic nitrogens is 1. The molecular formula is C13H20N2O2. The molecule has 2 heterocycles. The van der Waals surface area contributed by atoms with E-state index in [0.29, 0.717) is 12.3 Å². The van der Waals surface area contributed by atoms with Gasteiger partial charge in [-0.3, -0.25) is 0 Å². The third kappa shape index (κ3) is 3.40. The Bertz CT molecular complexity index is 362. The molecule has 0 saturated carbocycles. The largest absolute Gasteiger partial charge is 0.449 e. The van der Waals surface area contributed by atoms with Gasteiger partial charge in [0.2, 0.25) is 0 Å². The minimum atomic E-state index is 0.356. The summed E-state index contributed by atoms with van der Waals surface area (Å²) < 4.78 is 5.40. The first-order valence-electron chi connectivity index (χ1n) is 6.41. The number of piperidine rings is 1. The molecule has 0 spiro atoms. The smallest absolute Gasteiger partial charge is 0.194 e. The van der Waals surface area contributed by atoms with E-state index in [-0.39, 0.29) is 0 Å². The molecule has 1 unspecified atom stereocenters. The highest BCUT2D eigenvalue weighted by Crippen LogP contribution is 2.20. The first-order valence-corrected chi connectivity index (χ1v) is 6.41. The highest BCUT2D eigenvalue weighted by atomic mass is 16.3. The van der Waals surface area contributed by atoms with Crippen molar-refractivity contribution >= 4 is 6.29 Å². The van der Waals surface area contributed by atoms with Crippen molar-refractivity contribution in [2.45, 2.75) is 32.6 Å². The van der Waals surface area contributed by atoms with Crippen molar-refractivity contribution in [1.82, 2.24) is 9.88 Å². The Morgan fingerprint density at radius 2 is 2.53 bits per heavy atom. The molecule has 0 aromatic carbocycles. The van der Waals surface area contributed by atoms with Crippen molar-refractivity contribution in [3.8, 4) is 0 Å². The Balaban J connectivity index is 1.88. The van der Waals surface area contributed by atoms with Gasteiger partial charge >= 0.3 is 0 Å². The van der Waals surface area contributed by atoms with E-state index < -0.39 is 0 Å². The maximum absolute atomic E-state index is 10.4. The minimum Gasteiger partial charge on any atom is -0.449 e. The van der Waals surface area contributed by atoms with E-state index in [1.807, 2.05) is 0 Å². The molecule has 1 aliphatic heterocycles. The fraction of sp³-hybridized carbons (Fsp3) is 0.692. The quantitative estimate of drug-likeness (QED) is 0.730. The molecule has 0 aliphatic carbocycles. The second-order valence-electron chi connectivity index (χ2n) is 4.71. The number of hydrogen-bond acceptors (Lipinski definition) is 4. The Kier molecular flexibility index (Phi) is 4.31. The Morgan fingerprint density at radius 3 is 3.29 bits per heavy atom. The molecule has 4 nitrogen and oxygen atoms in total. The highest BCUT2D eigenvalue weighted by Gasteiger charge is 2.20. The van der Waals surface area contributed by atoms with Crippen LogP contribution in [0.5, 0.6) is 0 Å². The molecule has 17 heavy (non-hydrogen) atoms. The van der Waals surface area contributed by atoms with E-state index in [1.54, 1.807) is 6.26 Å². The van der Waals surface area contributed by atoms with Crippen LogP contribution in [0.1, 0.15) is 31.4 Å². The molecule has 0 bridgehead atoms. The maximum atomic E-state index is 10.4. The van der Waals surface area contributed by atoms with E-state index in [4.69, 9.17) is 4.42 Å². The lowest BCUT2D eigenvalue weighted by molar-refractivity contribution is -0.107. The standard InChI is InChI=1S/C13H20N2O2/c1-2-15-6-3-4-11(9-15)8-13-14-12(5-7-16)10-17-13/h7,10-11H,2-6,8-9H2,1H3. The van der Waals surface area contributed by atoms with Crippen LogP contribution < -0.4 is 0 Å². The summed E-state index contributed by atoms with van der Waals surface area (Å²) in [7, 11) is 0. The van der Waals surface area contributed by atoms with E-state index in [1.165, 1.54) is 19.4 Å². The van der Waals surface area contributed by atoms with Gasteiger partial charge in [0.25, 0.3) is 0 Å². The second-order valence-corrected chi connectivity index (χ2v) is 4.71. The summed E-state index contributed by atoms with van der Waals surface area (Å²) in [4.78, 5) is 17.2. The molecule has 0 N–H and O–H groups in total. The summed E-state index contributed by atoms with van der Waals surface area (Å²) in [6.45, 7) is 5.69. The van der Waals surface area contributed by atoms with Gasteiger partial charge in [-0.1, -0.05) is 6.92 Å². The average molecular weight is 236 g/mol. The third-order valence-corrected chi connectivity index (χ3v) is 3.41. The number of aldehydes is 1. The molecule has 0 amide bonds. The zero-order valence-corrected chi connectivity index (χ0v) is 10.4. The van der Waals surface area contributed by atoms with Crippen LogP contribution in [-0.4, -0.2) is 35.8 Å². The molecule has 1 aliphatic rings. The molecule has 1 aromatic rings. The third-order valence-electron chi connectivity index (χ3n) is 3.41. The predicted octanol–water partition coefficient (Wildman–Crippen LogP) is 1.69. The van der Waals surface area contributed by atoms with Crippen molar-refractivity contribution in [3.63, 3.8) is 0 Å². The molecule has 4 heteroatoms. The number of hydrogen-bond donors (Lipinski definition) is 0. The summed E-state index contributed by atoms with van der Waals surface area (Å²) >= 11 is 0. The van der Waals surface area contributed by atoms with Crippen LogP contribution in [0.3, 0.4) is 0 Å². The normalized spacial score (nSPS) is 21.6. The lowest BCUT2D eigenvalue weighted by atomic mass is 9.95. The fourth-order valence-electron chi connectivity index (χ4n) is 2.47. The van der Waals surface area contributed by atoms with E-state index in [2.05, 4.69) is 16.8 Å². The molecule has 1 aromatic heterocycles. The van der Waals surface area contributed by atoms with Crippen LogP contribution in [0.2, 0.25) is 0 Å². The van der Waals surface area contributed by atoms with Crippen LogP contribution in [0.15, 0.2) is 10.7 Å². The highest BCUT2D eigenvalue weighted by molar-refractivity contribution is 5.53. The number of nitrogens with zero attached hydrogens (tertiary/aromatic N) is 2. The number of carbonyl (C=O) groups excluding carboxylic acids is 1. The summed E-state index contributed by atoms with van der Waals surface area (Å²) in [6.07, 6.45) is 6.23. The maximum Gasteiger partial charge on any atom is 0.194 e. The van der Waals surface area contributed by atoms with Crippen molar-refractivity contribution in [2.75, 3.05) is 19.6 Å². The number of oxazole rings is 1. The average Bonchev–Trinajstić information content (AvgIpc) is 2.77. The van der Waals surface area contributed by atoms with Gasteiger partial charge in [0.15, 0.2) is 5.89 Å². The first-order chi connectivity index (χ1) is 8.31. The molecule has 1 fully saturated rings. The second kappa shape index (κ2) is 5.96. The Labute approximate surface area is 102 Å². The van der Waals surface area contributed by atoms with Gasteiger partial charge < -0.3 is 14.1 Å². The Hall–Kier alpha value is -1.16. The van der Waals surface area contributed by atoms with Crippen LogP contribution >= 0.6 is 0 Å². The number of likely N-dealkylation sites (tertiary alicyclic amines) is 1. The minimum absolute atomic E-state index is 0.356. The zero-order chi connectivity index (χ0) is 12.1. The molecular weight excluding hydrogens is 216 g/mol. The van der Waals surface area contributed by atoms with Crippen molar-refractivity contribution < 1.29 is 9.21 Å². The molecule has 1 atom stereocenters. The van der Waals surface area contributed by atoms with Crippen molar-refractivity contribution in [3.05, 3.63) is 17.8 Å². The number of carbonyl (C=O) groups is 1. The van der Waals surface area contributed by atoms with Gasteiger partial charge in [0.1, 0.15) is 12.5 Å². The fourth-order valence-corrected chi connectivity index (χ4v) is 2.47. The van der Waals surface area contributed by atoms with Crippen molar-refractivity contribution in [2.24, 2.45) is 5.92 Å². The molecule has 1 saturated heterocycles. The van der Waals surface area contributed by atoms with Gasteiger partial charge in [0, 0.05) is 19.4 Å². The monoisotopic (exact) mass is 236 g/mol. The molecule has 0 radical (unpaired) electrons. The number of rotatable bonds is 5. The topological polar surface area (TPSA) is 46.3 Å². The van der Waals surface area contributed by atoms with Crippen LogP contribution in [-0.2, 0) is 17.6 Å². The van der Waals surface area contributed by atoms with E-state index >= 15 is 0 Å². The SMILES string of the molecule is CCN1CCCC(Cc2nc(CC=O)co2)C1.